The topological polar surface area (TPSA) is 40.5 Å². The summed E-state index contributed by atoms with van der Waals surface area (Å²) in [5.41, 5.74) is -0.350. The Bertz CT molecular complexity index is 159. The van der Waals surface area contributed by atoms with E-state index in [4.69, 9.17) is 0 Å². The van der Waals surface area contributed by atoms with Crippen molar-refractivity contribution >= 4 is 0 Å². The van der Waals surface area contributed by atoms with E-state index in [2.05, 4.69) is 0 Å². The summed E-state index contributed by atoms with van der Waals surface area (Å²) in [6, 6.07) is 0. The SMILES string of the molecule is CC(C(O)C(C)(C)C)C(O)C(C)(C)C.[Tb]. The zero-order chi connectivity index (χ0) is 11.7. The second kappa shape index (κ2) is 6.22. The number of hydrogen-bond acceptors (Lipinski definition) is 2. The zero-order valence-corrected chi connectivity index (χ0v) is 13.1. The van der Waals surface area contributed by atoms with Crippen molar-refractivity contribution in [3.8, 4) is 0 Å². The summed E-state index contributed by atoms with van der Waals surface area (Å²) in [5.74, 6) is -0.102. The van der Waals surface area contributed by atoms with Gasteiger partial charge in [0.15, 0.2) is 0 Å². The number of aliphatic hydroxyl groups excluding tert-OH is 2. The molecular formula is C12H26O2Tb. The van der Waals surface area contributed by atoms with Gasteiger partial charge in [-0.1, -0.05) is 48.5 Å². The summed E-state index contributed by atoms with van der Waals surface area (Å²) >= 11 is 0. The first kappa shape index (κ1) is 18.6. The van der Waals surface area contributed by atoms with E-state index in [1.807, 2.05) is 48.5 Å². The molecule has 0 saturated carbocycles. The summed E-state index contributed by atoms with van der Waals surface area (Å²) in [6.45, 7) is 13.8. The van der Waals surface area contributed by atoms with Crippen LogP contribution in [0.2, 0.25) is 0 Å². The minimum atomic E-state index is -0.475. The van der Waals surface area contributed by atoms with Crippen molar-refractivity contribution in [2.75, 3.05) is 0 Å². The smallest absolute Gasteiger partial charge is 0.0638 e. The maximum Gasteiger partial charge on any atom is 0.0638 e. The molecule has 0 aromatic heterocycles. The van der Waals surface area contributed by atoms with Gasteiger partial charge in [0.1, 0.15) is 0 Å². The van der Waals surface area contributed by atoms with Gasteiger partial charge in [-0.3, -0.25) is 0 Å². The molecule has 2 nitrogen and oxygen atoms in total. The molecule has 2 unspecified atom stereocenters. The normalized spacial score (nSPS) is 19.0. The van der Waals surface area contributed by atoms with Gasteiger partial charge in [0.2, 0.25) is 0 Å². The van der Waals surface area contributed by atoms with Crippen molar-refractivity contribution in [3.63, 3.8) is 0 Å². The van der Waals surface area contributed by atoms with Gasteiger partial charge < -0.3 is 10.2 Å². The molecule has 15 heavy (non-hydrogen) atoms. The molecule has 0 aliphatic rings. The summed E-state index contributed by atoms with van der Waals surface area (Å²) < 4.78 is 0. The average Bonchev–Trinajstić information content (AvgIpc) is 1.97. The van der Waals surface area contributed by atoms with Crippen molar-refractivity contribution < 1.29 is 48.8 Å². The van der Waals surface area contributed by atoms with E-state index >= 15 is 0 Å². The Morgan fingerprint density at radius 2 is 0.933 bits per heavy atom. The monoisotopic (exact) mass is 361 g/mol. The first-order chi connectivity index (χ1) is 5.98. The average molecular weight is 361 g/mol. The van der Waals surface area contributed by atoms with Gasteiger partial charge in [-0.05, 0) is 10.8 Å². The molecule has 2 N–H and O–H groups in total. The molecule has 2 atom stereocenters. The summed E-state index contributed by atoms with van der Waals surface area (Å²) in [6.07, 6.45) is -0.951. The van der Waals surface area contributed by atoms with E-state index in [9.17, 15) is 10.2 Å². The molecule has 0 aliphatic heterocycles. The van der Waals surface area contributed by atoms with Crippen LogP contribution in [0.5, 0.6) is 0 Å². The molecule has 3 heteroatoms. The molecule has 0 fully saturated rings. The van der Waals surface area contributed by atoms with Crippen LogP contribution in [0.1, 0.15) is 48.5 Å². The first-order valence-corrected chi connectivity index (χ1v) is 5.34. The first-order valence-electron chi connectivity index (χ1n) is 5.34. The van der Waals surface area contributed by atoms with Gasteiger partial charge in [0.05, 0.1) is 12.2 Å². The molecule has 0 aromatic rings. The largest absolute Gasteiger partial charge is 0.392 e. The van der Waals surface area contributed by atoms with Gasteiger partial charge in [-0.15, -0.1) is 0 Å². The molecule has 0 amide bonds. The fraction of sp³-hybridized carbons (Fsp3) is 1.00. The van der Waals surface area contributed by atoms with E-state index in [0.717, 1.165) is 0 Å². The predicted octanol–water partition coefficient (Wildman–Crippen LogP) is 2.44. The minimum Gasteiger partial charge on any atom is -0.392 e. The van der Waals surface area contributed by atoms with Crippen molar-refractivity contribution in [2.45, 2.75) is 60.7 Å². The van der Waals surface area contributed by atoms with Crippen LogP contribution in [-0.2, 0) is 0 Å². The third kappa shape index (κ3) is 5.90. The van der Waals surface area contributed by atoms with E-state index < -0.39 is 12.2 Å². The summed E-state index contributed by atoms with van der Waals surface area (Å²) in [7, 11) is 0. The van der Waals surface area contributed by atoms with Crippen LogP contribution in [-0.4, -0.2) is 22.4 Å². The van der Waals surface area contributed by atoms with Crippen LogP contribution in [0.15, 0.2) is 0 Å². The molecule has 0 heterocycles. The molecule has 0 saturated heterocycles. The Hall–Kier alpha value is 1.21. The molecule has 95 valence electrons. The van der Waals surface area contributed by atoms with Crippen molar-refractivity contribution in [2.24, 2.45) is 16.7 Å². The fourth-order valence-corrected chi connectivity index (χ4v) is 1.75. The Morgan fingerprint density at radius 1 is 0.733 bits per heavy atom. The van der Waals surface area contributed by atoms with Crippen LogP contribution in [0.4, 0.5) is 0 Å². The van der Waals surface area contributed by atoms with Crippen molar-refractivity contribution in [1.82, 2.24) is 0 Å². The molecule has 0 bridgehead atoms. The Morgan fingerprint density at radius 3 is 1.07 bits per heavy atom. The number of aliphatic hydroxyl groups is 2. The number of hydrogen-bond donors (Lipinski definition) is 2. The molecule has 0 rings (SSSR count). The van der Waals surface area contributed by atoms with Crippen molar-refractivity contribution in [1.29, 1.82) is 0 Å². The molecule has 0 aromatic carbocycles. The molecule has 1 radical (unpaired) electrons. The van der Waals surface area contributed by atoms with Gasteiger partial charge >= 0.3 is 0 Å². The second-order valence-electron chi connectivity index (χ2n) is 6.48. The Kier molecular flexibility index (Phi) is 7.70. The van der Waals surface area contributed by atoms with E-state index in [1.54, 1.807) is 0 Å². The molecule has 0 spiro atoms. The van der Waals surface area contributed by atoms with Crippen LogP contribution in [0, 0.1) is 55.4 Å². The predicted molar refractivity (Wildman–Crippen MR) is 60.1 cm³/mol. The standard InChI is InChI=1S/C12H26O2.Tb/c1-8(9(13)11(2,3)4)10(14)12(5,6)7;/h8-10,13-14H,1-7H3;. The van der Waals surface area contributed by atoms with Gasteiger partial charge in [0.25, 0.3) is 0 Å². The number of rotatable bonds is 2. The Labute approximate surface area is 125 Å². The summed E-state index contributed by atoms with van der Waals surface area (Å²) in [5, 5.41) is 20.1. The summed E-state index contributed by atoms with van der Waals surface area (Å²) in [4.78, 5) is 0. The molecular weight excluding hydrogens is 335 g/mol. The van der Waals surface area contributed by atoms with E-state index in [0.29, 0.717) is 0 Å². The van der Waals surface area contributed by atoms with Crippen LogP contribution in [0.25, 0.3) is 0 Å². The third-order valence-corrected chi connectivity index (χ3v) is 2.77. The maximum atomic E-state index is 10.0. The second-order valence-corrected chi connectivity index (χ2v) is 6.48. The van der Waals surface area contributed by atoms with E-state index in [-0.39, 0.29) is 55.4 Å². The van der Waals surface area contributed by atoms with Crippen molar-refractivity contribution in [3.05, 3.63) is 0 Å². The van der Waals surface area contributed by atoms with Gasteiger partial charge in [-0.25, -0.2) is 0 Å². The quantitative estimate of drug-likeness (QED) is 0.793. The van der Waals surface area contributed by atoms with Crippen LogP contribution >= 0.6 is 0 Å². The minimum absolute atomic E-state index is 0. The fourth-order valence-electron chi connectivity index (χ4n) is 1.75. The molecule has 0 aliphatic carbocycles. The zero-order valence-electron chi connectivity index (χ0n) is 11.0. The van der Waals surface area contributed by atoms with Gasteiger partial charge in [0, 0.05) is 44.5 Å². The van der Waals surface area contributed by atoms with E-state index in [1.165, 1.54) is 0 Å². The van der Waals surface area contributed by atoms with Crippen LogP contribution < -0.4 is 0 Å². The maximum absolute atomic E-state index is 10.0. The third-order valence-electron chi connectivity index (χ3n) is 2.77. The van der Waals surface area contributed by atoms with Gasteiger partial charge in [-0.2, -0.15) is 0 Å². The van der Waals surface area contributed by atoms with Crippen LogP contribution in [0.3, 0.4) is 0 Å². The Balaban J connectivity index is 0.